The molecule has 130 valence electrons. The number of nitrogens with zero attached hydrogens (tertiary/aromatic N) is 2. The lowest BCUT2D eigenvalue weighted by molar-refractivity contribution is -0.128. The van der Waals surface area contributed by atoms with Crippen molar-refractivity contribution in [3.63, 3.8) is 0 Å². The fourth-order valence-corrected chi connectivity index (χ4v) is 3.54. The molecule has 0 spiro atoms. The monoisotopic (exact) mass is 341 g/mol. The number of aryl methyl sites for hydroxylation is 1. The molecule has 1 atom stereocenters. The van der Waals surface area contributed by atoms with E-state index in [2.05, 4.69) is 10.3 Å². The van der Waals surface area contributed by atoms with E-state index in [1.807, 2.05) is 4.90 Å². The summed E-state index contributed by atoms with van der Waals surface area (Å²) in [5, 5.41) is 3.57. The number of fused-ring (bicyclic) bond motifs is 1. The largest absolute Gasteiger partial charge is 0.352 e. The molecule has 1 saturated heterocycles. The van der Waals surface area contributed by atoms with Crippen molar-refractivity contribution in [1.29, 1.82) is 0 Å². The molecule has 1 aromatic heterocycles. The maximum Gasteiger partial charge on any atom is 0.252 e. The van der Waals surface area contributed by atoms with Gasteiger partial charge in [0.15, 0.2) is 0 Å². The number of carbonyl (C=O) groups excluding carboxylic acids is 2. The van der Waals surface area contributed by atoms with Crippen molar-refractivity contribution in [2.24, 2.45) is 5.92 Å². The lowest BCUT2D eigenvalue weighted by atomic mass is 10.1. The van der Waals surface area contributed by atoms with Crippen molar-refractivity contribution in [2.45, 2.75) is 32.2 Å². The molecule has 5 nitrogen and oxygen atoms in total. The summed E-state index contributed by atoms with van der Waals surface area (Å²) in [6, 6.07) is 6.39. The first-order valence-electron chi connectivity index (χ1n) is 8.66. The topological polar surface area (TPSA) is 62.3 Å². The summed E-state index contributed by atoms with van der Waals surface area (Å²) in [7, 11) is 0. The first-order chi connectivity index (χ1) is 12.0. The fourth-order valence-electron chi connectivity index (χ4n) is 3.54. The first kappa shape index (κ1) is 16.0. The third-order valence-corrected chi connectivity index (χ3v) is 4.92. The van der Waals surface area contributed by atoms with Crippen LogP contribution in [0.4, 0.5) is 4.39 Å². The minimum absolute atomic E-state index is 0.156. The number of pyridine rings is 1. The van der Waals surface area contributed by atoms with Gasteiger partial charge >= 0.3 is 0 Å². The van der Waals surface area contributed by atoms with Gasteiger partial charge in [-0.2, -0.15) is 0 Å². The van der Waals surface area contributed by atoms with Crippen LogP contribution in [0.25, 0.3) is 10.9 Å². The molecule has 0 bridgehead atoms. The second kappa shape index (κ2) is 6.10. The zero-order chi connectivity index (χ0) is 17.6. The van der Waals surface area contributed by atoms with Gasteiger partial charge < -0.3 is 10.2 Å². The predicted octanol–water partition coefficient (Wildman–Crippen LogP) is 2.42. The smallest absolute Gasteiger partial charge is 0.252 e. The Labute approximate surface area is 145 Å². The third-order valence-electron chi connectivity index (χ3n) is 4.92. The van der Waals surface area contributed by atoms with E-state index < -0.39 is 0 Å². The highest BCUT2D eigenvalue weighted by Gasteiger charge is 2.39. The van der Waals surface area contributed by atoms with E-state index in [4.69, 9.17) is 0 Å². The van der Waals surface area contributed by atoms with Crippen LogP contribution >= 0.6 is 0 Å². The summed E-state index contributed by atoms with van der Waals surface area (Å²) >= 11 is 0. The second-order valence-electron chi connectivity index (χ2n) is 7.03. The van der Waals surface area contributed by atoms with Gasteiger partial charge in [0, 0.05) is 48.6 Å². The Morgan fingerprint density at radius 2 is 2.16 bits per heavy atom. The summed E-state index contributed by atoms with van der Waals surface area (Å²) in [5.41, 5.74) is 1.63. The molecule has 1 aliphatic carbocycles. The number of hydrogen-bond donors (Lipinski definition) is 1. The maximum absolute atomic E-state index is 13.4. The van der Waals surface area contributed by atoms with Crippen LogP contribution in [0.1, 0.15) is 35.3 Å². The van der Waals surface area contributed by atoms with Gasteiger partial charge in [0.1, 0.15) is 5.82 Å². The second-order valence-corrected chi connectivity index (χ2v) is 7.03. The molecule has 0 unspecified atom stereocenters. The molecule has 2 amide bonds. The molecule has 1 aromatic carbocycles. The van der Waals surface area contributed by atoms with E-state index in [0.29, 0.717) is 41.2 Å². The van der Waals surface area contributed by atoms with Crippen LogP contribution in [0.15, 0.2) is 24.3 Å². The predicted molar refractivity (Wildman–Crippen MR) is 91.6 cm³/mol. The van der Waals surface area contributed by atoms with Gasteiger partial charge in [0.05, 0.1) is 11.1 Å². The Bertz CT molecular complexity index is 858. The fraction of sp³-hybridized carbons (Fsp3) is 0.421. The number of aromatic nitrogens is 1. The maximum atomic E-state index is 13.4. The molecule has 1 N–H and O–H groups in total. The zero-order valence-corrected chi connectivity index (χ0v) is 14.1. The van der Waals surface area contributed by atoms with Crippen molar-refractivity contribution in [1.82, 2.24) is 15.2 Å². The number of rotatable bonds is 4. The van der Waals surface area contributed by atoms with Crippen molar-refractivity contribution in [3.8, 4) is 0 Å². The molecule has 25 heavy (non-hydrogen) atoms. The number of hydrogen-bond acceptors (Lipinski definition) is 3. The number of carbonyl (C=O) groups is 2. The van der Waals surface area contributed by atoms with E-state index in [9.17, 15) is 14.0 Å². The van der Waals surface area contributed by atoms with Crippen LogP contribution in [-0.2, 0) is 4.79 Å². The van der Waals surface area contributed by atoms with E-state index in [1.54, 1.807) is 19.1 Å². The summed E-state index contributed by atoms with van der Waals surface area (Å²) in [5.74, 6) is -0.229. The average Bonchev–Trinajstić information content (AvgIpc) is 3.34. The van der Waals surface area contributed by atoms with Crippen LogP contribution in [0.5, 0.6) is 0 Å². The molecule has 0 radical (unpaired) electrons. The lowest BCUT2D eigenvalue weighted by Crippen LogP contribution is -2.32. The molecule has 2 fully saturated rings. The molecular formula is C19H20FN3O2. The van der Waals surface area contributed by atoms with Gasteiger partial charge in [0.25, 0.3) is 5.91 Å². The van der Waals surface area contributed by atoms with Crippen LogP contribution in [0.2, 0.25) is 0 Å². The van der Waals surface area contributed by atoms with Gasteiger partial charge in [-0.3, -0.25) is 14.6 Å². The number of nitrogens with one attached hydrogen (secondary N) is 1. The van der Waals surface area contributed by atoms with E-state index in [1.165, 1.54) is 12.1 Å². The minimum Gasteiger partial charge on any atom is -0.352 e. The Morgan fingerprint density at radius 3 is 2.92 bits per heavy atom. The van der Waals surface area contributed by atoms with Crippen molar-refractivity contribution in [3.05, 3.63) is 41.3 Å². The Kier molecular flexibility index (Phi) is 3.90. The van der Waals surface area contributed by atoms with E-state index in [0.717, 1.165) is 19.4 Å². The number of halogens is 1. The summed E-state index contributed by atoms with van der Waals surface area (Å²) in [4.78, 5) is 30.9. The Hall–Kier alpha value is -2.50. The molecule has 1 saturated carbocycles. The molecule has 6 heteroatoms. The van der Waals surface area contributed by atoms with Gasteiger partial charge in [-0.15, -0.1) is 0 Å². The van der Waals surface area contributed by atoms with Crippen LogP contribution in [0.3, 0.4) is 0 Å². The van der Waals surface area contributed by atoms with E-state index in [-0.39, 0.29) is 23.5 Å². The van der Waals surface area contributed by atoms with E-state index >= 15 is 0 Å². The highest BCUT2D eigenvalue weighted by molar-refractivity contribution is 6.06. The zero-order valence-electron chi connectivity index (χ0n) is 14.1. The third kappa shape index (κ3) is 3.21. The summed E-state index contributed by atoms with van der Waals surface area (Å²) in [6.45, 7) is 2.98. The minimum atomic E-state index is -0.374. The van der Waals surface area contributed by atoms with Gasteiger partial charge in [0.2, 0.25) is 5.91 Å². The van der Waals surface area contributed by atoms with Crippen molar-refractivity contribution < 1.29 is 14.0 Å². The number of likely N-dealkylation sites (tertiary alicyclic amines) is 1. The van der Waals surface area contributed by atoms with Crippen LogP contribution < -0.4 is 5.32 Å². The van der Waals surface area contributed by atoms with Crippen LogP contribution in [-0.4, -0.2) is 40.8 Å². The average molecular weight is 341 g/mol. The standard InChI is InChI=1S/C19H20FN3O2/c1-11-6-16(15-5-2-13(20)8-17(15)22-11)19(25)21-9-12-7-18(24)23(10-12)14-3-4-14/h2,5-6,8,12,14H,3-4,7,9-10H2,1H3,(H,21,25)/t12-/m1/s1. The first-order valence-corrected chi connectivity index (χ1v) is 8.66. The Morgan fingerprint density at radius 1 is 1.36 bits per heavy atom. The quantitative estimate of drug-likeness (QED) is 0.929. The number of amides is 2. The lowest BCUT2D eigenvalue weighted by Gasteiger charge is -2.16. The van der Waals surface area contributed by atoms with Crippen molar-refractivity contribution >= 4 is 22.7 Å². The van der Waals surface area contributed by atoms with Gasteiger partial charge in [-0.1, -0.05) is 0 Å². The number of benzene rings is 1. The molecule has 2 heterocycles. The van der Waals surface area contributed by atoms with Crippen LogP contribution in [0, 0.1) is 18.7 Å². The Balaban J connectivity index is 1.48. The molecular weight excluding hydrogens is 321 g/mol. The van der Waals surface area contributed by atoms with Gasteiger partial charge in [-0.05, 0) is 38.0 Å². The summed E-state index contributed by atoms with van der Waals surface area (Å²) < 4.78 is 13.4. The summed E-state index contributed by atoms with van der Waals surface area (Å²) in [6.07, 6.45) is 2.70. The van der Waals surface area contributed by atoms with Gasteiger partial charge in [-0.25, -0.2) is 4.39 Å². The molecule has 4 rings (SSSR count). The highest BCUT2D eigenvalue weighted by Crippen LogP contribution is 2.32. The normalized spacial score (nSPS) is 20.3. The highest BCUT2D eigenvalue weighted by atomic mass is 19.1. The molecule has 2 aromatic rings. The van der Waals surface area contributed by atoms with Crippen molar-refractivity contribution in [2.75, 3.05) is 13.1 Å². The molecule has 1 aliphatic heterocycles. The SMILES string of the molecule is Cc1cc(C(=O)NC[C@H]2CC(=O)N(C3CC3)C2)c2ccc(F)cc2n1. The molecule has 2 aliphatic rings.